The molecule has 1 saturated heterocycles. The summed E-state index contributed by atoms with van der Waals surface area (Å²) in [6, 6.07) is 2.27. The maximum absolute atomic E-state index is 12.7. The third kappa shape index (κ3) is 3.54. The molecule has 1 aromatic heterocycles. The van der Waals surface area contributed by atoms with Crippen LogP contribution in [0.15, 0.2) is 6.07 Å². The summed E-state index contributed by atoms with van der Waals surface area (Å²) >= 11 is 0. The molecule has 0 radical (unpaired) electrons. The van der Waals surface area contributed by atoms with Gasteiger partial charge in [0.1, 0.15) is 0 Å². The van der Waals surface area contributed by atoms with Crippen LogP contribution in [0.5, 0.6) is 0 Å². The van der Waals surface area contributed by atoms with E-state index in [1.54, 1.807) is 0 Å². The number of rotatable bonds is 5. The second-order valence-electron chi connectivity index (χ2n) is 5.53. The summed E-state index contributed by atoms with van der Waals surface area (Å²) in [4.78, 5) is 14.7. The summed E-state index contributed by atoms with van der Waals surface area (Å²) in [5.41, 5.74) is 2.18. The quantitative estimate of drug-likeness (QED) is 0.889. The number of aromatic nitrogens is 2. The van der Waals surface area contributed by atoms with Crippen LogP contribution in [0.1, 0.15) is 47.9 Å². The zero-order valence-electron chi connectivity index (χ0n) is 12.6. The van der Waals surface area contributed by atoms with Crippen molar-refractivity contribution in [2.45, 2.75) is 46.1 Å². The number of amides is 1. The second-order valence-corrected chi connectivity index (χ2v) is 5.53. The van der Waals surface area contributed by atoms with Gasteiger partial charge in [0, 0.05) is 19.1 Å². The molecule has 1 N–H and O–H groups in total. The van der Waals surface area contributed by atoms with Gasteiger partial charge in [-0.1, -0.05) is 6.92 Å². The van der Waals surface area contributed by atoms with Gasteiger partial charge in [0.15, 0.2) is 0 Å². The molecule has 110 valence electrons. The first-order valence-corrected chi connectivity index (χ1v) is 7.45. The highest BCUT2D eigenvalue weighted by atomic mass is 16.2. The molecule has 1 unspecified atom stereocenters. The minimum atomic E-state index is 0.0797. The van der Waals surface area contributed by atoms with Crippen LogP contribution in [0.4, 0.5) is 0 Å². The maximum Gasteiger partial charge on any atom is 0.255 e. The van der Waals surface area contributed by atoms with Crippen molar-refractivity contribution >= 4 is 5.91 Å². The summed E-state index contributed by atoms with van der Waals surface area (Å²) in [5, 5.41) is 11.5. The summed E-state index contributed by atoms with van der Waals surface area (Å²) in [5.74, 6) is 0.0797. The van der Waals surface area contributed by atoms with E-state index >= 15 is 0 Å². The smallest absolute Gasteiger partial charge is 0.255 e. The van der Waals surface area contributed by atoms with Crippen molar-refractivity contribution < 1.29 is 4.79 Å². The lowest BCUT2D eigenvalue weighted by atomic mass is 10.1. The van der Waals surface area contributed by atoms with Gasteiger partial charge in [-0.2, -0.15) is 10.2 Å². The lowest BCUT2D eigenvalue weighted by Crippen LogP contribution is -2.41. The van der Waals surface area contributed by atoms with Crippen molar-refractivity contribution in [3.63, 3.8) is 0 Å². The van der Waals surface area contributed by atoms with E-state index in [0.29, 0.717) is 17.3 Å². The first-order chi connectivity index (χ1) is 9.61. The minimum absolute atomic E-state index is 0.0797. The van der Waals surface area contributed by atoms with Crippen LogP contribution in [-0.4, -0.2) is 46.7 Å². The van der Waals surface area contributed by atoms with Crippen LogP contribution in [0, 0.1) is 13.8 Å². The van der Waals surface area contributed by atoms with Gasteiger partial charge in [-0.15, -0.1) is 0 Å². The van der Waals surface area contributed by atoms with E-state index in [9.17, 15) is 4.79 Å². The average Bonchev–Trinajstić information content (AvgIpc) is 2.93. The number of aryl methyl sites for hydroxylation is 2. The van der Waals surface area contributed by atoms with Gasteiger partial charge in [-0.05, 0) is 45.7 Å². The van der Waals surface area contributed by atoms with Crippen molar-refractivity contribution in [3.05, 3.63) is 23.0 Å². The van der Waals surface area contributed by atoms with Crippen molar-refractivity contribution in [3.8, 4) is 0 Å². The fraction of sp³-hybridized carbons (Fsp3) is 0.667. The minimum Gasteiger partial charge on any atom is -0.337 e. The van der Waals surface area contributed by atoms with Gasteiger partial charge in [0.05, 0.1) is 17.0 Å². The fourth-order valence-electron chi connectivity index (χ4n) is 2.66. The standard InChI is InChI=1S/C15H24N4O/c1-4-8-19(10-13-6-5-7-16-13)15(20)14-9-11(2)17-18-12(14)3/h9,13,16H,4-8,10H2,1-3H3. The Morgan fingerprint density at radius 1 is 1.45 bits per heavy atom. The van der Waals surface area contributed by atoms with Gasteiger partial charge < -0.3 is 10.2 Å². The number of hydrogen-bond donors (Lipinski definition) is 1. The SMILES string of the molecule is CCCN(CC1CCCN1)C(=O)c1cc(C)nnc1C. The first kappa shape index (κ1) is 14.9. The highest BCUT2D eigenvalue weighted by Gasteiger charge is 2.23. The van der Waals surface area contributed by atoms with Crippen LogP contribution < -0.4 is 5.32 Å². The molecule has 20 heavy (non-hydrogen) atoms. The van der Waals surface area contributed by atoms with Crippen LogP contribution in [-0.2, 0) is 0 Å². The molecule has 1 aliphatic rings. The lowest BCUT2D eigenvalue weighted by Gasteiger charge is -2.26. The number of carbonyl (C=O) groups is 1. The van der Waals surface area contributed by atoms with Gasteiger partial charge in [-0.25, -0.2) is 0 Å². The van der Waals surface area contributed by atoms with Crippen molar-refractivity contribution in [2.24, 2.45) is 0 Å². The van der Waals surface area contributed by atoms with E-state index in [2.05, 4.69) is 22.4 Å². The Labute approximate surface area is 120 Å². The van der Waals surface area contributed by atoms with E-state index < -0.39 is 0 Å². The zero-order valence-corrected chi connectivity index (χ0v) is 12.6. The molecular formula is C15H24N4O. The third-order valence-electron chi connectivity index (χ3n) is 3.72. The predicted octanol–water partition coefficient (Wildman–Crippen LogP) is 1.70. The third-order valence-corrected chi connectivity index (χ3v) is 3.72. The van der Waals surface area contributed by atoms with Gasteiger partial charge >= 0.3 is 0 Å². The van der Waals surface area contributed by atoms with Crippen molar-refractivity contribution in [2.75, 3.05) is 19.6 Å². The van der Waals surface area contributed by atoms with Crippen LogP contribution >= 0.6 is 0 Å². The summed E-state index contributed by atoms with van der Waals surface area (Å²) in [6.45, 7) is 8.45. The van der Waals surface area contributed by atoms with E-state index in [1.165, 1.54) is 6.42 Å². The molecule has 0 bridgehead atoms. The van der Waals surface area contributed by atoms with Crippen LogP contribution in [0.2, 0.25) is 0 Å². The average molecular weight is 276 g/mol. The van der Waals surface area contributed by atoms with Crippen molar-refractivity contribution in [1.29, 1.82) is 0 Å². The molecular weight excluding hydrogens is 252 g/mol. The molecule has 2 rings (SSSR count). The highest BCUT2D eigenvalue weighted by Crippen LogP contribution is 2.13. The Balaban J connectivity index is 2.14. The summed E-state index contributed by atoms with van der Waals surface area (Å²) in [6.07, 6.45) is 3.32. The fourth-order valence-corrected chi connectivity index (χ4v) is 2.66. The molecule has 5 heteroatoms. The number of carbonyl (C=O) groups excluding carboxylic acids is 1. The number of nitrogens with zero attached hydrogens (tertiary/aromatic N) is 3. The Morgan fingerprint density at radius 3 is 2.90 bits per heavy atom. The molecule has 0 saturated carbocycles. The maximum atomic E-state index is 12.7. The predicted molar refractivity (Wildman–Crippen MR) is 78.7 cm³/mol. The Bertz CT molecular complexity index is 469. The molecule has 1 aromatic rings. The highest BCUT2D eigenvalue weighted by molar-refractivity contribution is 5.95. The van der Waals surface area contributed by atoms with Crippen molar-refractivity contribution in [1.82, 2.24) is 20.4 Å². The van der Waals surface area contributed by atoms with E-state index in [4.69, 9.17) is 0 Å². The Kier molecular flexibility index (Phi) is 5.06. The van der Waals surface area contributed by atoms with E-state index in [1.807, 2.05) is 24.8 Å². The summed E-state index contributed by atoms with van der Waals surface area (Å²) < 4.78 is 0. The van der Waals surface area contributed by atoms with Gasteiger partial charge in [-0.3, -0.25) is 4.79 Å². The second kappa shape index (κ2) is 6.79. The normalized spacial score (nSPS) is 18.2. The first-order valence-electron chi connectivity index (χ1n) is 7.45. The molecule has 1 amide bonds. The Hall–Kier alpha value is -1.49. The number of hydrogen-bond acceptors (Lipinski definition) is 4. The van der Waals surface area contributed by atoms with Gasteiger partial charge in [0.25, 0.3) is 5.91 Å². The zero-order chi connectivity index (χ0) is 14.5. The van der Waals surface area contributed by atoms with E-state index in [-0.39, 0.29) is 5.91 Å². The molecule has 1 atom stereocenters. The number of nitrogens with one attached hydrogen (secondary N) is 1. The molecule has 0 spiro atoms. The molecule has 1 fully saturated rings. The van der Waals surface area contributed by atoms with E-state index in [0.717, 1.165) is 38.2 Å². The van der Waals surface area contributed by atoms with Gasteiger partial charge in [0.2, 0.25) is 0 Å². The topological polar surface area (TPSA) is 58.1 Å². The van der Waals surface area contributed by atoms with Crippen LogP contribution in [0.3, 0.4) is 0 Å². The molecule has 0 aromatic carbocycles. The molecule has 2 heterocycles. The monoisotopic (exact) mass is 276 g/mol. The Morgan fingerprint density at radius 2 is 2.25 bits per heavy atom. The molecule has 0 aliphatic carbocycles. The molecule has 1 aliphatic heterocycles. The molecule has 5 nitrogen and oxygen atoms in total. The largest absolute Gasteiger partial charge is 0.337 e. The summed E-state index contributed by atoms with van der Waals surface area (Å²) in [7, 11) is 0. The van der Waals surface area contributed by atoms with Crippen LogP contribution in [0.25, 0.3) is 0 Å². The lowest BCUT2D eigenvalue weighted by molar-refractivity contribution is 0.0740.